The Labute approximate surface area is 369 Å². The van der Waals surface area contributed by atoms with E-state index < -0.39 is 12.1 Å². The largest absolute Gasteiger partial charge is 0.493 e. The number of ether oxygens (including phenoxy) is 3. The molecular formula is C41H59N7O6S4. The topological polar surface area (TPSA) is 155 Å². The number of benzene rings is 2. The molecule has 3 aliphatic rings. The number of H-pyrrole nitrogens is 2. The monoisotopic (exact) mass is 873 g/mol. The van der Waals surface area contributed by atoms with E-state index in [4.69, 9.17) is 24.2 Å². The van der Waals surface area contributed by atoms with E-state index >= 15 is 0 Å². The molecule has 0 radical (unpaired) electrons. The van der Waals surface area contributed by atoms with Crippen LogP contribution in [0.4, 0.5) is 4.79 Å². The smallest absolute Gasteiger partial charge is 0.407 e. The normalized spacial score (nSPS) is 19.9. The number of aromatic nitrogens is 4. The van der Waals surface area contributed by atoms with Crippen LogP contribution in [0.25, 0.3) is 33.6 Å². The van der Waals surface area contributed by atoms with Crippen LogP contribution in [0, 0.1) is 11.8 Å². The minimum Gasteiger partial charge on any atom is -0.493 e. The summed E-state index contributed by atoms with van der Waals surface area (Å²) in [6.07, 6.45) is 7.89. The van der Waals surface area contributed by atoms with Crippen LogP contribution in [0.3, 0.4) is 0 Å². The van der Waals surface area contributed by atoms with Crippen molar-refractivity contribution >= 4 is 71.9 Å². The summed E-state index contributed by atoms with van der Waals surface area (Å²) in [7, 11) is 1.28. The highest BCUT2D eigenvalue weighted by Crippen LogP contribution is 2.38. The number of carbonyl (C=O) groups excluding carboxylic acids is 3. The number of alkyl carbamates (subject to hydrolysis) is 1. The van der Waals surface area contributed by atoms with Crippen LogP contribution in [0.1, 0.15) is 83.0 Å². The minimum atomic E-state index is -0.861. The molecule has 318 valence electrons. The number of methoxy groups -OCH3 is 1. The van der Waals surface area contributed by atoms with Crippen LogP contribution in [-0.4, -0.2) is 93.7 Å². The van der Waals surface area contributed by atoms with Gasteiger partial charge in [0.1, 0.15) is 23.4 Å². The molecule has 3 amide bonds. The van der Waals surface area contributed by atoms with Gasteiger partial charge in [-0.05, 0) is 73.3 Å². The molecule has 0 aliphatic carbocycles. The van der Waals surface area contributed by atoms with Crippen molar-refractivity contribution in [1.29, 1.82) is 0 Å². The molecule has 2 bridgehead atoms. The molecule has 58 heavy (non-hydrogen) atoms. The van der Waals surface area contributed by atoms with Crippen molar-refractivity contribution < 1.29 is 28.6 Å². The molecule has 4 aromatic rings. The number of rotatable bonds is 6. The van der Waals surface area contributed by atoms with Crippen LogP contribution in [0.5, 0.6) is 5.75 Å². The van der Waals surface area contributed by atoms with Gasteiger partial charge in [-0.2, -0.15) is 54.0 Å². The maximum Gasteiger partial charge on any atom is 0.407 e. The number of aromatic amines is 2. The van der Waals surface area contributed by atoms with Gasteiger partial charge < -0.3 is 39.3 Å². The predicted octanol–water partition coefficient (Wildman–Crippen LogP) is 7.12. The van der Waals surface area contributed by atoms with Crippen molar-refractivity contribution in [3.8, 4) is 39.4 Å². The Morgan fingerprint density at radius 3 is 2.16 bits per heavy atom. The SMILES string of the molecule is COC(=O)N[C@H]1COCCCCOc2cc(-c3ccc(-c4cnc([C@@H]5CCCN5C(=O)[C@@H](C)C(C)C)[nH]4)cc3)ccc2-c2cnc([nH]2)[C@@H]2CCCN2C1=O.S.S.S.S. The van der Waals surface area contributed by atoms with Gasteiger partial charge in [0.05, 0.1) is 56.2 Å². The molecule has 3 N–H and O–H groups in total. The molecule has 0 spiro atoms. The molecule has 0 unspecified atom stereocenters. The molecule has 2 saturated heterocycles. The van der Waals surface area contributed by atoms with Gasteiger partial charge in [-0.1, -0.05) is 51.1 Å². The highest BCUT2D eigenvalue weighted by atomic mass is 32.1. The van der Waals surface area contributed by atoms with Gasteiger partial charge in [-0.15, -0.1) is 0 Å². The Morgan fingerprint density at radius 1 is 0.810 bits per heavy atom. The first kappa shape index (κ1) is 48.6. The predicted molar refractivity (Wildman–Crippen MR) is 245 cm³/mol. The van der Waals surface area contributed by atoms with Crippen molar-refractivity contribution in [3.63, 3.8) is 0 Å². The second-order valence-corrected chi connectivity index (χ2v) is 14.9. The zero-order valence-electron chi connectivity index (χ0n) is 33.6. The lowest BCUT2D eigenvalue weighted by Crippen LogP contribution is -2.50. The van der Waals surface area contributed by atoms with E-state index in [1.165, 1.54) is 7.11 Å². The highest BCUT2D eigenvalue weighted by Gasteiger charge is 2.37. The average molecular weight is 874 g/mol. The van der Waals surface area contributed by atoms with Crippen LogP contribution in [0.2, 0.25) is 0 Å². The number of nitrogens with one attached hydrogen (secondary N) is 3. The van der Waals surface area contributed by atoms with E-state index in [1.54, 1.807) is 11.1 Å². The molecule has 17 heteroatoms. The van der Waals surface area contributed by atoms with Gasteiger partial charge in [-0.3, -0.25) is 9.59 Å². The van der Waals surface area contributed by atoms with Crippen molar-refractivity contribution in [3.05, 3.63) is 66.5 Å². The Hall–Kier alpha value is -3.77. The molecule has 3 aliphatic heterocycles. The van der Waals surface area contributed by atoms with E-state index in [9.17, 15) is 14.4 Å². The first-order valence-electron chi connectivity index (χ1n) is 19.2. The number of nitrogens with zero attached hydrogens (tertiary/aromatic N) is 4. The Bertz CT molecular complexity index is 1960. The van der Waals surface area contributed by atoms with Gasteiger partial charge in [0.15, 0.2) is 0 Å². The first-order valence-corrected chi connectivity index (χ1v) is 19.2. The molecule has 2 aromatic carbocycles. The Morgan fingerprint density at radius 2 is 1.43 bits per heavy atom. The molecular weight excluding hydrogens is 815 g/mol. The maximum absolute atomic E-state index is 13.7. The first-order chi connectivity index (χ1) is 26.2. The number of likely N-dealkylation sites (tertiary alicyclic amines) is 1. The second-order valence-electron chi connectivity index (χ2n) is 14.9. The van der Waals surface area contributed by atoms with Crippen LogP contribution in [0.15, 0.2) is 54.9 Å². The standard InChI is InChI=1S/C41H51N7O6.4H2S/c1-25(2)26(3)39(49)47-17-7-9-34(47)37-42-22-31(44-37)28-13-11-27(12-14-28)29-15-16-30-32-23-43-38(45-32)35-10-8-18-48(35)40(50)33(46-41(51)52-4)24-53-19-5-6-20-54-36(30)21-29;;;;/h11-16,21-23,25-26,33-35H,5-10,17-20,24H2,1-4H3,(H,42,44)(H,43,45)(H,46,51);4*1H2/t26-,33-,34-,35-;;;;/m0..../s1. The van der Waals surface area contributed by atoms with Gasteiger partial charge in [0.25, 0.3) is 0 Å². The van der Waals surface area contributed by atoms with Gasteiger partial charge >= 0.3 is 6.09 Å². The van der Waals surface area contributed by atoms with E-state index in [2.05, 4.69) is 65.5 Å². The summed E-state index contributed by atoms with van der Waals surface area (Å²) in [4.78, 5) is 59.2. The number of hydrogen-bond donors (Lipinski definition) is 3. The summed E-state index contributed by atoms with van der Waals surface area (Å²) in [6.45, 7) is 8.47. The summed E-state index contributed by atoms with van der Waals surface area (Å²) in [5.41, 5.74) is 5.68. The zero-order valence-corrected chi connectivity index (χ0v) is 37.6. The minimum absolute atomic E-state index is 0. The zero-order chi connectivity index (χ0) is 37.8. The summed E-state index contributed by atoms with van der Waals surface area (Å²) in [5.74, 6) is 2.52. The summed E-state index contributed by atoms with van der Waals surface area (Å²) >= 11 is 0. The molecule has 2 aromatic heterocycles. The summed E-state index contributed by atoms with van der Waals surface area (Å²) in [6, 6.07) is 13.4. The lowest BCUT2D eigenvalue weighted by atomic mass is 9.96. The number of fused-ring (bicyclic) bond motifs is 6. The Kier molecular flexibility index (Phi) is 18.4. The van der Waals surface area contributed by atoms with Crippen LogP contribution < -0.4 is 10.1 Å². The van der Waals surface area contributed by atoms with Crippen LogP contribution >= 0.6 is 54.0 Å². The molecule has 4 atom stereocenters. The fourth-order valence-electron chi connectivity index (χ4n) is 7.62. The number of amides is 3. The molecule has 7 rings (SSSR count). The van der Waals surface area contributed by atoms with Crippen molar-refractivity contribution in [2.24, 2.45) is 11.8 Å². The second kappa shape index (κ2) is 22.0. The average Bonchev–Trinajstić information content (AvgIpc) is 4.02. The van der Waals surface area contributed by atoms with Gasteiger partial charge in [-0.25, -0.2) is 14.8 Å². The fourth-order valence-corrected chi connectivity index (χ4v) is 7.62. The third kappa shape index (κ3) is 10.7. The van der Waals surface area contributed by atoms with E-state index in [0.29, 0.717) is 31.5 Å². The van der Waals surface area contributed by atoms with E-state index in [1.807, 2.05) is 24.1 Å². The van der Waals surface area contributed by atoms with E-state index in [-0.39, 0.29) is 90.4 Å². The quantitative estimate of drug-likeness (QED) is 0.185. The van der Waals surface area contributed by atoms with Crippen molar-refractivity contribution in [1.82, 2.24) is 35.1 Å². The molecule has 5 heterocycles. The van der Waals surface area contributed by atoms with E-state index in [0.717, 1.165) is 90.3 Å². The lowest BCUT2D eigenvalue weighted by Gasteiger charge is -2.28. The van der Waals surface area contributed by atoms with Crippen molar-refractivity contribution in [2.45, 2.75) is 77.4 Å². The molecule has 13 nitrogen and oxygen atoms in total. The van der Waals surface area contributed by atoms with Crippen LogP contribution in [-0.2, 0) is 19.1 Å². The third-order valence-electron chi connectivity index (χ3n) is 11.1. The van der Waals surface area contributed by atoms with Crippen molar-refractivity contribution in [2.75, 3.05) is 40.0 Å². The fraction of sp³-hybridized carbons (Fsp3) is 0.488. The number of hydrogen-bond acceptors (Lipinski definition) is 8. The number of imidazole rings is 2. The lowest BCUT2D eigenvalue weighted by molar-refractivity contribution is -0.137. The highest BCUT2D eigenvalue weighted by molar-refractivity contribution is 7.59. The molecule has 2 fully saturated rings. The molecule has 0 saturated carbocycles. The summed E-state index contributed by atoms with van der Waals surface area (Å²) < 4.78 is 17.1. The van der Waals surface area contributed by atoms with Gasteiger partial charge in [0, 0.05) is 31.2 Å². The maximum atomic E-state index is 13.7. The number of carbonyl (C=O) groups is 3. The third-order valence-corrected chi connectivity index (χ3v) is 11.1. The summed E-state index contributed by atoms with van der Waals surface area (Å²) in [5, 5.41) is 2.65. The van der Waals surface area contributed by atoms with Gasteiger partial charge in [0.2, 0.25) is 11.8 Å². The Balaban J connectivity index is 0.00000225.